The molecule has 0 aliphatic heterocycles. The lowest BCUT2D eigenvalue weighted by molar-refractivity contribution is 0.0904. The van der Waals surface area contributed by atoms with Crippen molar-refractivity contribution in [3.63, 3.8) is 0 Å². The largest absolute Gasteiger partial charge is 0.450 e. The molecule has 0 aliphatic rings. The average Bonchev–Trinajstić information content (AvgIpc) is 2.33. The molecule has 1 radical (unpaired) electrons. The van der Waals surface area contributed by atoms with Gasteiger partial charge in [0.1, 0.15) is 6.10 Å². The Labute approximate surface area is 108 Å². The van der Waals surface area contributed by atoms with Gasteiger partial charge >= 0.3 is 12.2 Å². The zero-order chi connectivity index (χ0) is 14.0. The van der Waals surface area contributed by atoms with Gasteiger partial charge in [-0.1, -0.05) is 39.0 Å². The number of amides is 2. The maximum atomic E-state index is 11.2. The molecule has 0 aromatic carbocycles. The highest BCUT2D eigenvalue weighted by Gasteiger charge is 2.12. The normalized spacial score (nSPS) is 13.3. The van der Waals surface area contributed by atoms with Gasteiger partial charge in [-0.25, -0.2) is 15.0 Å². The van der Waals surface area contributed by atoms with Crippen LogP contribution < -0.4 is 10.9 Å². The van der Waals surface area contributed by atoms with E-state index in [1.54, 1.807) is 6.92 Å². The van der Waals surface area contributed by atoms with Crippen LogP contribution in [0.15, 0.2) is 0 Å². The van der Waals surface area contributed by atoms with Crippen molar-refractivity contribution < 1.29 is 19.1 Å². The van der Waals surface area contributed by atoms with Crippen LogP contribution in [0, 0.1) is 5.92 Å². The van der Waals surface area contributed by atoms with Gasteiger partial charge in [0.2, 0.25) is 0 Å². The van der Waals surface area contributed by atoms with Gasteiger partial charge in [0, 0.05) is 0 Å². The molecule has 0 bridgehead atoms. The summed E-state index contributed by atoms with van der Waals surface area (Å²) < 4.78 is 9.76. The molecule has 6 nitrogen and oxygen atoms in total. The maximum absolute atomic E-state index is 11.2. The van der Waals surface area contributed by atoms with Crippen LogP contribution in [-0.4, -0.2) is 24.9 Å². The van der Waals surface area contributed by atoms with Gasteiger partial charge in [0.25, 0.3) is 0 Å². The summed E-state index contributed by atoms with van der Waals surface area (Å²) in [6.07, 6.45) is 0.860. The summed E-state index contributed by atoms with van der Waals surface area (Å²) in [5.74, 6) is 0.278. The van der Waals surface area contributed by atoms with E-state index >= 15 is 0 Å². The van der Waals surface area contributed by atoms with Crippen molar-refractivity contribution in [3.8, 4) is 0 Å². The minimum atomic E-state index is -0.810. The Morgan fingerprint density at radius 3 is 2.50 bits per heavy atom. The first kappa shape index (κ1) is 16.5. The number of carbonyl (C=O) groups is 2. The fourth-order valence-corrected chi connectivity index (χ4v) is 1.13. The van der Waals surface area contributed by atoms with Gasteiger partial charge < -0.3 is 9.47 Å². The highest BCUT2D eigenvalue weighted by Crippen LogP contribution is 2.01. The number of hydrogen-bond acceptors (Lipinski definition) is 4. The summed E-state index contributed by atoms with van der Waals surface area (Å²) in [5.41, 5.74) is 5.26. The molecule has 0 aromatic heterocycles. The van der Waals surface area contributed by atoms with E-state index in [9.17, 15) is 9.59 Å². The summed E-state index contributed by atoms with van der Waals surface area (Å²) >= 11 is 0. The number of nitrogens with one attached hydrogen (secondary N) is 1. The fourth-order valence-electron chi connectivity index (χ4n) is 1.13. The smallest absolute Gasteiger partial charge is 0.447 e. The van der Waals surface area contributed by atoms with E-state index in [1.165, 1.54) is 0 Å². The first-order chi connectivity index (χ1) is 8.49. The molecule has 0 aromatic rings. The average molecular weight is 259 g/mol. The van der Waals surface area contributed by atoms with Gasteiger partial charge in [-0.15, -0.1) is 0 Å². The summed E-state index contributed by atoms with van der Waals surface area (Å²) in [7, 11) is 0. The molecule has 2 unspecified atom stereocenters. The molecular formula is C12H23N2O4. The second-order valence-electron chi connectivity index (χ2n) is 4.32. The lowest BCUT2D eigenvalue weighted by Crippen LogP contribution is -2.38. The Morgan fingerprint density at radius 1 is 1.28 bits per heavy atom. The standard InChI is InChI=1S/C12H23N2O4/c1-5-7-10(4)18-12(16)14-13-11(15)17-8-9(3)6-2/h9-10H,5-8H2,1-4H3,(H,14,16). The van der Waals surface area contributed by atoms with Crippen molar-refractivity contribution in [1.82, 2.24) is 10.9 Å². The third-order valence-electron chi connectivity index (χ3n) is 2.43. The van der Waals surface area contributed by atoms with E-state index < -0.39 is 12.2 Å². The van der Waals surface area contributed by atoms with Gasteiger partial charge in [0.05, 0.1) is 6.61 Å². The first-order valence-corrected chi connectivity index (χ1v) is 6.33. The Balaban J connectivity index is 3.68. The zero-order valence-corrected chi connectivity index (χ0v) is 11.6. The van der Waals surface area contributed by atoms with E-state index in [4.69, 9.17) is 9.47 Å². The van der Waals surface area contributed by atoms with Gasteiger partial charge in [0.15, 0.2) is 0 Å². The molecule has 18 heavy (non-hydrogen) atoms. The monoisotopic (exact) mass is 259 g/mol. The van der Waals surface area contributed by atoms with Crippen molar-refractivity contribution in [2.45, 2.75) is 53.1 Å². The van der Waals surface area contributed by atoms with Crippen molar-refractivity contribution >= 4 is 12.2 Å². The maximum Gasteiger partial charge on any atom is 0.450 e. The molecule has 2 atom stereocenters. The molecule has 0 aliphatic carbocycles. The molecule has 0 rings (SSSR count). The van der Waals surface area contributed by atoms with E-state index in [1.807, 2.05) is 26.2 Å². The Morgan fingerprint density at radius 2 is 1.94 bits per heavy atom. The number of carbonyl (C=O) groups excluding carboxylic acids is 2. The van der Waals surface area contributed by atoms with Crippen molar-refractivity contribution in [1.29, 1.82) is 0 Å². The first-order valence-electron chi connectivity index (χ1n) is 6.33. The minimum Gasteiger partial charge on any atom is -0.447 e. The Hall–Kier alpha value is -1.46. The van der Waals surface area contributed by atoms with Crippen LogP contribution in [0.2, 0.25) is 0 Å². The van der Waals surface area contributed by atoms with Gasteiger partial charge in [-0.05, 0) is 19.3 Å². The molecule has 0 fully saturated rings. The highest BCUT2D eigenvalue weighted by atomic mass is 16.6. The highest BCUT2D eigenvalue weighted by molar-refractivity contribution is 5.73. The van der Waals surface area contributed by atoms with E-state index in [2.05, 4.69) is 5.43 Å². The van der Waals surface area contributed by atoms with Crippen LogP contribution in [0.25, 0.3) is 0 Å². The van der Waals surface area contributed by atoms with Gasteiger partial charge in [-0.2, -0.15) is 0 Å². The van der Waals surface area contributed by atoms with Crippen LogP contribution in [-0.2, 0) is 9.47 Å². The second-order valence-corrected chi connectivity index (χ2v) is 4.32. The van der Waals surface area contributed by atoms with Crippen LogP contribution in [0.5, 0.6) is 0 Å². The number of nitrogens with zero attached hydrogens (tertiary/aromatic N) is 1. The molecule has 6 heteroatoms. The number of rotatable bonds is 6. The van der Waals surface area contributed by atoms with Crippen molar-refractivity contribution in [2.24, 2.45) is 5.92 Å². The molecule has 0 saturated carbocycles. The van der Waals surface area contributed by atoms with E-state index in [-0.39, 0.29) is 12.0 Å². The van der Waals surface area contributed by atoms with E-state index in [0.717, 1.165) is 19.3 Å². The fraction of sp³-hybridized carbons (Fsp3) is 0.833. The van der Waals surface area contributed by atoms with Crippen LogP contribution in [0.1, 0.15) is 47.0 Å². The summed E-state index contributed by atoms with van der Waals surface area (Å²) in [5, 5.41) is 0. The van der Waals surface area contributed by atoms with Gasteiger partial charge in [-0.3, -0.25) is 0 Å². The minimum absolute atomic E-state index is 0.193. The van der Waals surface area contributed by atoms with E-state index in [0.29, 0.717) is 6.61 Å². The Kier molecular flexibility index (Phi) is 8.78. The van der Waals surface area contributed by atoms with Crippen molar-refractivity contribution in [2.75, 3.05) is 6.61 Å². The summed E-state index contributed by atoms with van der Waals surface area (Å²) in [4.78, 5) is 22.3. The zero-order valence-electron chi connectivity index (χ0n) is 11.6. The molecule has 0 heterocycles. The lowest BCUT2D eigenvalue weighted by Gasteiger charge is -2.12. The van der Waals surface area contributed by atoms with Crippen LogP contribution in [0.4, 0.5) is 9.59 Å². The molecule has 0 saturated heterocycles. The number of ether oxygens (including phenoxy) is 2. The quantitative estimate of drug-likeness (QED) is 0.743. The molecule has 0 spiro atoms. The number of hydrogen-bond donors (Lipinski definition) is 1. The molecule has 1 N–H and O–H groups in total. The van der Waals surface area contributed by atoms with Crippen molar-refractivity contribution in [3.05, 3.63) is 0 Å². The topological polar surface area (TPSA) is 78.7 Å². The predicted octanol–water partition coefficient (Wildman–Crippen LogP) is 2.60. The van der Waals surface area contributed by atoms with Crippen LogP contribution in [0.3, 0.4) is 0 Å². The molecule has 2 amide bonds. The summed E-state index contributed by atoms with van der Waals surface area (Å²) in [6.45, 7) is 8.03. The third kappa shape index (κ3) is 8.66. The third-order valence-corrected chi connectivity index (χ3v) is 2.43. The molecular weight excluding hydrogens is 236 g/mol. The SMILES string of the molecule is CCCC(C)OC(=O)N[N]C(=O)OCC(C)CC. The van der Waals surface area contributed by atoms with Crippen LogP contribution >= 0.6 is 0 Å². The summed E-state index contributed by atoms with van der Waals surface area (Å²) in [6, 6.07) is 0. The predicted molar refractivity (Wildman–Crippen MR) is 66.9 cm³/mol. The Bertz CT molecular complexity index is 258. The second kappa shape index (κ2) is 9.56. The lowest BCUT2D eigenvalue weighted by atomic mass is 10.1. The molecule has 105 valence electrons.